The van der Waals surface area contributed by atoms with Gasteiger partial charge in [0, 0.05) is 18.6 Å². The number of carbonyl (C=O) groups excluding carboxylic acids is 1. The molecule has 1 aliphatic heterocycles. The Balaban J connectivity index is 2.56. The molecular formula is C12H22N2O5S2. The molecule has 21 heavy (non-hydrogen) atoms. The molecule has 2 unspecified atom stereocenters. The molecule has 0 saturated carbocycles. The zero-order chi connectivity index (χ0) is 16.0. The van der Waals surface area contributed by atoms with Gasteiger partial charge in [-0.3, -0.25) is 4.90 Å². The van der Waals surface area contributed by atoms with E-state index in [4.69, 9.17) is 0 Å². The Morgan fingerprint density at radius 2 is 2.10 bits per heavy atom. The van der Waals surface area contributed by atoms with Gasteiger partial charge in [0.25, 0.3) is 0 Å². The lowest BCUT2D eigenvalue weighted by Crippen LogP contribution is -2.50. The zero-order valence-corrected chi connectivity index (χ0v) is 13.9. The number of amides is 2. The van der Waals surface area contributed by atoms with Crippen LogP contribution in [-0.2, 0) is 14.6 Å². The van der Waals surface area contributed by atoms with Crippen LogP contribution >= 0.6 is 11.8 Å². The Bertz CT molecular complexity index is 480. The monoisotopic (exact) mass is 338 g/mol. The summed E-state index contributed by atoms with van der Waals surface area (Å²) in [6.45, 7) is 2.20. The Kier molecular flexibility index (Phi) is 6.79. The average molecular weight is 338 g/mol. The largest absolute Gasteiger partial charge is 0.480 e. The number of carboxylic acid groups (broad SMARTS) is 1. The second-order valence-electron chi connectivity index (χ2n) is 5.05. The first kappa shape index (κ1) is 18.1. The van der Waals surface area contributed by atoms with Gasteiger partial charge in [-0.2, -0.15) is 0 Å². The number of sulfone groups is 1. The summed E-state index contributed by atoms with van der Waals surface area (Å²) in [6, 6.07) is -1.25. The lowest BCUT2D eigenvalue weighted by molar-refractivity contribution is -0.141. The Morgan fingerprint density at radius 3 is 2.62 bits per heavy atom. The van der Waals surface area contributed by atoms with E-state index in [2.05, 4.69) is 5.32 Å². The van der Waals surface area contributed by atoms with Crippen LogP contribution in [0.25, 0.3) is 0 Å². The number of carboxylic acids is 1. The van der Waals surface area contributed by atoms with E-state index < -0.39 is 27.9 Å². The van der Waals surface area contributed by atoms with Crippen LogP contribution in [0.4, 0.5) is 4.79 Å². The maximum atomic E-state index is 12.2. The van der Waals surface area contributed by atoms with Crippen LogP contribution in [0.5, 0.6) is 0 Å². The highest BCUT2D eigenvalue weighted by molar-refractivity contribution is 8.00. The number of thioether (sulfide) groups is 1. The molecule has 0 aromatic rings. The molecule has 2 amide bonds. The predicted octanol–water partition coefficient (Wildman–Crippen LogP) is 0.759. The van der Waals surface area contributed by atoms with Crippen molar-refractivity contribution >= 4 is 33.6 Å². The smallest absolute Gasteiger partial charge is 0.327 e. The molecule has 122 valence electrons. The maximum Gasteiger partial charge on any atom is 0.327 e. The summed E-state index contributed by atoms with van der Waals surface area (Å²) >= 11 is 1.47. The molecule has 0 aromatic carbocycles. The molecule has 0 radical (unpaired) electrons. The third kappa shape index (κ3) is 5.74. The highest BCUT2D eigenvalue weighted by atomic mass is 32.2. The van der Waals surface area contributed by atoms with Crippen molar-refractivity contribution in [2.45, 2.75) is 37.6 Å². The normalized spacial score (nSPS) is 22.3. The molecule has 0 bridgehead atoms. The van der Waals surface area contributed by atoms with Crippen LogP contribution in [0.2, 0.25) is 0 Å². The first-order valence-corrected chi connectivity index (χ1v) is 9.95. The summed E-state index contributed by atoms with van der Waals surface area (Å²) < 4.78 is 22.0. The van der Waals surface area contributed by atoms with Crippen LogP contribution in [-0.4, -0.2) is 66.1 Å². The Labute approximate surface area is 129 Å². The fourth-order valence-electron chi connectivity index (χ4n) is 2.12. The summed E-state index contributed by atoms with van der Waals surface area (Å²) in [7, 11) is -3.05. The summed E-state index contributed by atoms with van der Waals surface area (Å²) in [4.78, 5) is 24.7. The van der Waals surface area contributed by atoms with Gasteiger partial charge in [0.15, 0.2) is 0 Å². The predicted molar refractivity (Wildman–Crippen MR) is 82.1 cm³/mol. The van der Waals surface area contributed by atoms with Gasteiger partial charge in [-0.05, 0) is 12.8 Å². The van der Waals surface area contributed by atoms with Crippen molar-refractivity contribution in [1.29, 1.82) is 0 Å². The minimum atomic E-state index is -3.05. The average Bonchev–Trinajstić information content (AvgIpc) is 2.77. The third-order valence-corrected chi connectivity index (χ3v) is 5.50. The van der Waals surface area contributed by atoms with Crippen molar-refractivity contribution in [2.75, 3.05) is 24.3 Å². The van der Waals surface area contributed by atoms with Gasteiger partial charge >= 0.3 is 12.0 Å². The standard InChI is InChI=1S/C12H22N2O5S2/c1-3-5-10-14(9(8-20-10)11(15)16)12(17)13-6-4-7-21(2,18)19/h9-10H,3-8H2,1-2H3,(H,13,17)(H,15,16). The summed E-state index contributed by atoms with van der Waals surface area (Å²) in [5.41, 5.74) is 0. The number of carbonyl (C=O) groups is 2. The number of rotatable bonds is 7. The zero-order valence-electron chi connectivity index (χ0n) is 12.2. The van der Waals surface area contributed by atoms with Crippen LogP contribution < -0.4 is 5.32 Å². The van der Waals surface area contributed by atoms with Crippen molar-refractivity contribution in [2.24, 2.45) is 0 Å². The van der Waals surface area contributed by atoms with Crippen molar-refractivity contribution in [3.8, 4) is 0 Å². The van der Waals surface area contributed by atoms with Gasteiger partial charge in [0.2, 0.25) is 0 Å². The highest BCUT2D eigenvalue weighted by Gasteiger charge is 2.41. The molecule has 0 aromatic heterocycles. The number of aliphatic carboxylic acids is 1. The van der Waals surface area contributed by atoms with Gasteiger partial charge in [-0.15, -0.1) is 11.8 Å². The molecule has 1 saturated heterocycles. The van der Waals surface area contributed by atoms with Crippen LogP contribution in [0.1, 0.15) is 26.2 Å². The van der Waals surface area contributed by atoms with Gasteiger partial charge in [0.1, 0.15) is 15.9 Å². The molecule has 0 spiro atoms. The van der Waals surface area contributed by atoms with Crippen molar-refractivity contribution < 1.29 is 23.1 Å². The topological polar surface area (TPSA) is 104 Å². The first-order valence-electron chi connectivity index (χ1n) is 6.84. The highest BCUT2D eigenvalue weighted by Crippen LogP contribution is 2.32. The van der Waals surface area contributed by atoms with E-state index >= 15 is 0 Å². The van der Waals surface area contributed by atoms with E-state index in [1.165, 1.54) is 16.7 Å². The second-order valence-corrected chi connectivity index (χ2v) is 8.52. The lowest BCUT2D eigenvalue weighted by atomic mass is 10.2. The summed E-state index contributed by atoms with van der Waals surface area (Å²) in [5, 5.41) is 11.7. The van der Waals surface area contributed by atoms with Crippen LogP contribution in [0.3, 0.4) is 0 Å². The van der Waals surface area contributed by atoms with Gasteiger partial charge in [0.05, 0.1) is 11.1 Å². The SMILES string of the molecule is CCCC1SCC(C(=O)O)N1C(=O)NCCCS(C)(=O)=O. The first-order chi connectivity index (χ1) is 9.76. The summed E-state index contributed by atoms with van der Waals surface area (Å²) in [5.74, 6) is -0.619. The second kappa shape index (κ2) is 7.88. The molecule has 2 N–H and O–H groups in total. The number of urea groups is 1. The van der Waals surface area contributed by atoms with E-state index in [0.717, 1.165) is 19.1 Å². The molecule has 7 nitrogen and oxygen atoms in total. The number of hydrogen-bond acceptors (Lipinski definition) is 5. The van der Waals surface area contributed by atoms with Gasteiger partial charge in [-0.25, -0.2) is 18.0 Å². The number of nitrogens with one attached hydrogen (secondary N) is 1. The fourth-order valence-corrected chi connectivity index (χ4v) is 4.30. The number of hydrogen-bond donors (Lipinski definition) is 2. The Hall–Kier alpha value is -0.960. The van der Waals surface area contributed by atoms with E-state index in [-0.39, 0.29) is 17.7 Å². The molecular weight excluding hydrogens is 316 g/mol. The van der Waals surface area contributed by atoms with E-state index in [1.54, 1.807) is 0 Å². The van der Waals surface area contributed by atoms with Crippen LogP contribution in [0, 0.1) is 0 Å². The molecule has 0 aliphatic carbocycles. The van der Waals surface area contributed by atoms with Crippen molar-refractivity contribution in [3.05, 3.63) is 0 Å². The van der Waals surface area contributed by atoms with Gasteiger partial charge < -0.3 is 10.4 Å². The third-order valence-electron chi connectivity index (χ3n) is 3.12. The Morgan fingerprint density at radius 1 is 1.43 bits per heavy atom. The fraction of sp³-hybridized carbons (Fsp3) is 0.833. The molecule has 2 atom stereocenters. The maximum absolute atomic E-state index is 12.2. The lowest BCUT2D eigenvalue weighted by Gasteiger charge is -2.27. The molecule has 1 rings (SSSR count). The van der Waals surface area contributed by atoms with Crippen molar-refractivity contribution in [1.82, 2.24) is 10.2 Å². The summed E-state index contributed by atoms with van der Waals surface area (Å²) in [6.07, 6.45) is 3.07. The molecule has 1 heterocycles. The van der Waals surface area contributed by atoms with E-state index in [9.17, 15) is 23.1 Å². The molecule has 1 fully saturated rings. The quantitative estimate of drug-likeness (QED) is 0.664. The number of nitrogens with zero attached hydrogens (tertiary/aromatic N) is 1. The molecule has 1 aliphatic rings. The van der Waals surface area contributed by atoms with E-state index in [1.807, 2.05) is 6.92 Å². The minimum absolute atomic E-state index is 0.00276. The van der Waals surface area contributed by atoms with Gasteiger partial charge in [-0.1, -0.05) is 13.3 Å². The van der Waals surface area contributed by atoms with Crippen LogP contribution in [0.15, 0.2) is 0 Å². The molecule has 9 heteroatoms. The van der Waals surface area contributed by atoms with Crippen molar-refractivity contribution in [3.63, 3.8) is 0 Å². The minimum Gasteiger partial charge on any atom is -0.480 e. The van der Waals surface area contributed by atoms with E-state index in [0.29, 0.717) is 12.2 Å².